The van der Waals surface area contributed by atoms with Gasteiger partial charge in [-0.3, -0.25) is 15.0 Å². The van der Waals surface area contributed by atoms with Crippen LogP contribution in [0.4, 0.5) is 0 Å². The molecule has 0 fully saturated rings. The molecule has 0 aliphatic rings. The van der Waals surface area contributed by atoms with Gasteiger partial charge in [-0.1, -0.05) is 140 Å². The minimum Gasteiger partial charge on any atom is -0.309 e. The Kier molecular flexibility index (Phi) is 9.93. The summed E-state index contributed by atoms with van der Waals surface area (Å²) in [7, 11) is -3.29. The number of pyridine rings is 3. The summed E-state index contributed by atoms with van der Waals surface area (Å²) in [6.07, 6.45) is 7.99. The van der Waals surface area contributed by atoms with Gasteiger partial charge in [-0.05, 0) is 130 Å². The molecule has 0 saturated carbocycles. The molecule has 7 aromatic heterocycles. The summed E-state index contributed by atoms with van der Waals surface area (Å²) in [5.41, 5.74) is 11.7. The molecule has 5 nitrogen and oxygen atoms in total. The van der Waals surface area contributed by atoms with E-state index in [1.165, 1.54) is 100 Å². The molecular weight excluding hydrogens is 991 g/mol. The Morgan fingerprint density at radius 2 is 0.727 bits per heavy atom. The fourth-order valence-corrected chi connectivity index (χ4v) is 20.3. The molecule has 9 aromatic carbocycles. The first-order valence-electron chi connectivity index (χ1n) is 26.0. The van der Waals surface area contributed by atoms with Gasteiger partial charge in [0.1, 0.15) is 0 Å². The normalized spacial score (nSPS) is 12.2. The van der Waals surface area contributed by atoms with Gasteiger partial charge in [-0.25, -0.2) is 0 Å². The summed E-state index contributed by atoms with van der Waals surface area (Å²) in [4.78, 5) is 15.8. The third-order valence-electron chi connectivity index (χ3n) is 15.8. The third kappa shape index (κ3) is 6.66. The zero-order valence-electron chi connectivity index (χ0n) is 41.4. The second kappa shape index (κ2) is 17.4. The van der Waals surface area contributed by atoms with E-state index in [1.807, 2.05) is 41.3 Å². The van der Waals surface area contributed by atoms with E-state index < -0.39 is 8.07 Å². The van der Waals surface area contributed by atoms with Crippen LogP contribution in [0.3, 0.4) is 0 Å². The molecule has 0 radical (unpaired) electrons. The highest BCUT2D eigenvalue weighted by Gasteiger charge is 2.47. The highest BCUT2D eigenvalue weighted by atomic mass is 32.1. The molecule has 0 unspecified atom stereocenters. The molecule has 0 N–H and O–H groups in total. The lowest BCUT2D eigenvalue weighted by molar-refractivity contribution is 1.17. The van der Waals surface area contributed by atoms with Gasteiger partial charge < -0.3 is 9.13 Å². The first-order chi connectivity index (χ1) is 38.2. The van der Waals surface area contributed by atoms with Gasteiger partial charge in [-0.2, -0.15) is 0 Å². The lowest BCUT2D eigenvalue weighted by Gasteiger charge is -2.32. The van der Waals surface area contributed by atoms with Crippen molar-refractivity contribution in [2.75, 3.05) is 0 Å². The molecule has 0 aliphatic carbocycles. The molecule has 0 aliphatic heterocycles. The van der Waals surface area contributed by atoms with Gasteiger partial charge in [0, 0.05) is 88.7 Å². The summed E-state index contributed by atoms with van der Waals surface area (Å²) >= 11 is 3.71. The van der Waals surface area contributed by atoms with E-state index in [1.54, 1.807) is 0 Å². The first kappa shape index (κ1) is 44.0. The van der Waals surface area contributed by atoms with Gasteiger partial charge >= 0.3 is 0 Å². The van der Waals surface area contributed by atoms with E-state index in [9.17, 15) is 0 Å². The maximum Gasteiger partial charge on any atom is 0.227 e. The van der Waals surface area contributed by atoms with Crippen LogP contribution in [0.2, 0.25) is 0 Å². The topological polar surface area (TPSA) is 48.5 Å². The largest absolute Gasteiger partial charge is 0.309 e. The highest BCUT2D eigenvalue weighted by molar-refractivity contribution is 7.33. The average Bonchev–Trinajstić information content (AvgIpc) is 4.48. The standard InChI is InChI=1S/C69H43N5S2Si/c1-5-15-48(16-6-1)73-60-24-14-13-23-52(60)55-39-44(25-29-61(55)73)46-27-31-64-57(41-46)53-33-37-71-68(66(53)75-64)77(50-19-9-3-10-20-50,51-21-11-4-12-22-51)69-67-54(34-38-72-69)58-42-47(28-32-65(58)76-67)45-26-30-62-56(40-45)59-43-70-36-35-63(59)74(62)49-17-7-2-8-18-49/h1-43H. The van der Waals surface area contributed by atoms with E-state index in [-0.39, 0.29) is 0 Å². The second-order valence-corrected chi connectivity index (χ2v) is 25.6. The van der Waals surface area contributed by atoms with E-state index in [2.05, 4.69) is 257 Å². The van der Waals surface area contributed by atoms with Gasteiger partial charge in [0.05, 0.1) is 42.1 Å². The smallest absolute Gasteiger partial charge is 0.227 e. The quantitative estimate of drug-likeness (QED) is 0.143. The van der Waals surface area contributed by atoms with Crippen molar-refractivity contribution < 1.29 is 0 Å². The summed E-state index contributed by atoms with van der Waals surface area (Å²) in [6, 6.07) is 86.8. The number of fused-ring (bicyclic) bond motifs is 12. The minimum atomic E-state index is -3.29. The Bertz CT molecular complexity index is 4670. The van der Waals surface area contributed by atoms with Crippen LogP contribution in [0.1, 0.15) is 0 Å². The summed E-state index contributed by atoms with van der Waals surface area (Å²) in [5.74, 6) is 0. The molecule has 16 aromatic rings. The van der Waals surface area contributed by atoms with Crippen LogP contribution in [-0.4, -0.2) is 32.2 Å². The lowest BCUT2D eigenvalue weighted by atomic mass is 10.0. The highest BCUT2D eigenvalue weighted by Crippen LogP contribution is 2.42. The van der Waals surface area contributed by atoms with Crippen molar-refractivity contribution in [2.24, 2.45) is 0 Å². The SMILES string of the molecule is c1ccc(-n2c3ccccc3c3cc(-c4ccc5sc6c([Si](c7ccccc7)(c7ccccc7)c7nccc8c7sc7ccc(-c9ccc%10c(c9)c9cnccc9n%10-c9ccccc9)cc78)nccc6c5c4)ccc32)cc1. The second-order valence-electron chi connectivity index (χ2n) is 19.9. The number of hydrogen-bond donors (Lipinski definition) is 0. The molecule has 0 bridgehead atoms. The number of hydrogen-bond acceptors (Lipinski definition) is 5. The molecule has 0 spiro atoms. The number of para-hydroxylation sites is 3. The van der Waals surface area contributed by atoms with Crippen molar-refractivity contribution >= 4 is 136 Å². The maximum absolute atomic E-state index is 5.59. The molecule has 0 amide bonds. The van der Waals surface area contributed by atoms with Crippen LogP contribution in [0, 0.1) is 0 Å². The fraction of sp³-hybridized carbons (Fsp3) is 0. The molecule has 0 atom stereocenters. The Hall–Kier alpha value is -9.31. The van der Waals surface area contributed by atoms with Crippen LogP contribution >= 0.6 is 22.7 Å². The number of aromatic nitrogens is 5. The molecule has 16 rings (SSSR count). The predicted molar refractivity (Wildman–Crippen MR) is 329 cm³/mol. The van der Waals surface area contributed by atoms with E-state index >= 15 is 0 Å². The van der Waals surface area contributed by atoms with Gasteiger partial charge in [0.25, 0.3) is 0 Å². The predicted octanol–water partition coefficient (Wildman–Crippen LogP) is 15.5. The average molecular weight is 1030 g/mol. The number of nitrogens with zero attached hydrogens (tertiary/aromatic N) is 5. The monoisotopic (exact) mass is 1030 g/mol. The summed E-state index contributed by atoms with van der Waals surface area (Å²) < 4.78 is 9.61. The van der Waals surface area contributed by atoms with Crippen LogP contribution in [0.25, 0.3) is 118 Å². The third-order valence-corrected chi connectivity index (χ3v) is 23.2. The van der Waals surface area contributed by atoms with Crippen LogP contribution in [0.5, 0.6) is 0 Å². The van der Waals surface area contributed by atoms with Crippen molar-refractivity contribution in [3.8, 4) is 33.6 Å². The van der Waals surface area contributed by atoms with E-state index in [0.29, 0.717) is 0 Å². The van der Waals surface area contributed by atoms with E-state index in [4.69, 9.17) is 9.97 Å². The van der Waals surface area contributed by atoms with Crippen LogP contribution in [0.15, 0.2) is 261 Å². The number of thiophene rings is 2. The Balaban J connectivity index is 0.878. The molecule has 0 saturated heterocycles. The Morgan fingerprint density at radius 3 is 1.25 bits per heavy atom. The maximum atomic E-state index is 5.59. The zero-order valence-corrected chi connectivity index (χ0v) is 44.0. The van der Waals surface area contributed by atoms with Crippen molar-refractivity contribution in [3.05, 3.63) is 261 Å². The molecule has 360 valence electrons. The lowest BCUT2D eigenvalue weighted by Crippen LogP contribution is -2.76. The number of benzene rings is 9. The minimum absolute atomic E-state index is 1.11. The van der Waals surface area contributed by atoms with E-state index in [0.717, 1.165) is 38.4 Å². The molecule has 8 heteroatoms. The van der Waals surface area contributed by atoms with Crippen LogP contribution < -0.4 is 21.0 Å². The van der Waals surface area contributed by atoms with Crippen molar-refractivity contribution in [1.82, 2.24) is 24.1 Å². The van der Waals surface area contributed by atoms with Gasteiger partial charge in [0.2, 0.25) is 8.07 Å². The van der Waals surface area contributed by atoms with Crippen molar-refractivity contribution in [1.29, 1.82) is 0 Å². The summed E-state index contributed by atoms with van der Waals surface area (Å²) in [5, 5.41) is 14.4. The van der Waals surface area contributed by atoms with Crippen molar-refractivity contribution in [3.63, 3.8) is 0 Å². The van der Waals surface area contributed by atoms with Crippen LogP contribution in [-0.2, 0) is 0 Å². The molecular formula is C69H43N5S2Si. The summed E-state index contributed by atoms with van der Waals surface area (Å²) in [6.45, 7) is 0. The number of rotatable bonds is 8. The Morgan fingerprint density at radius 1 is 0.312 bits per heavy atom. The van der Waals surface area contributed by atoms with Gasteiger partial charge in [-0.15, -0.1) is 22.7 Å². The van der Waals surface area contributed by atoms with Crippen molar-refractivity contribution in [2.45, 2.75) is 0 Å². The fourth-order valence-electron chi connectivity index (χ4n) is 12.4. The Labute approximate surface area is 451 Å². The zero-order chi connectivity index (χ0) is 50.6. The molecule has 7 heterocycles. The molecule has 77 heavy (non-hydrogen) atoms. The first-order valence-corrected chi connectivity index (χ1v) is 29.6. The van der Waals surface area contributed by atoms with Gasteiger partial charge in [0.15, 0.2) is 0 Å².